The lowest BCUT2D eigenvalue weighted by Crippen LogP contribution is -2.59. The molecule has 0 aliphatic carbocycles. The van der Waals surface area contributed by atoms with Gasteiger partial charge >= 0.3 is 0 Å². The molecule has 1 atom stereocenters. The van der Waals surface area contributed by atoms with Crippen LogP contribution in [0.25, 0.3) is 0 Å². The van der Waals surface area contributed by atoms with E-state index in [1.165, 1.54) is 6.07 Å². The van der Waals surface area contributed by atoms with Gasteiger partial charge in [0, 0.05) is 54.7 Å². The van der Waals surface area contributed by atoms with Crippen LogP contribution in [0, 0.1) is 25.1 Å². The van der Waals surface area contributed by atoms with E-state index < -0.39 is 17.8 Å². The molecule has 55 heavy (non-hydrogen) atoms. The summed E-state index contributed by atoms with van der Waals surface area (Å²) in [7, 11) is 0. The van der Waals surface area contributed by atoms with Crippen LogP contribution in [0.4, 0.5) is 33.0 Å². The summed E-state index contributed by atoms with van der Waals surface area (Å²) in [6, 6.07) is 27.3. The first kappa shape index (κ1) is 35.8. The number of aliphatic imine (C=N–C) groups is 1. The maximum atomic E-state index is 14.4. The zero-order valence-corrected chi connectivity index (χ0v) is 30.9. The fraction of sp³-hybridized carbons (Fsp3) is 0.250. The highest BCUT2D eigenvalue weighted by molar-refractivity contribution is 6.19. The van der Waals surface area contributed by atoms with Crippen molar-refractivity contribution in [2.45, 2.75) is 39.7 Å². The van der Waals surface area contributed by atoms with E-state index in [2.05, 4.69) is 20.5 Å². The molecule has 11 heteroatoms. The highest BCUT2D eigenvalue weighted by atomic mass is 19.1. The number of nitrogens with zero attached hydrogens (tertiary/aromatic N) is 4. The number of carbonyl (C=O) groups is 3. The van der Waals surface area contributed by atoms with Gasteiger partial charge in [0.05, 0.1) is 34.4 Å². The number of halogens is 1. The first-order valence-corrected chi connectivity index (χ1v) is 18.5. The van der Waals surface area contributed by atoms with Gasteiger partial charge in [0.1, 0.15) is 11.6 Å². The van der Waals surface area contributed by atoms with Crippen LogP contribution in [0.2, 0.25) is 0 Å². The number of aromatic nitrogens is 1. The van der Waals surface area contributed by atoms with Gasteiger partial charge in [-0.1, -0.05) is 36.4 Å². The summed E-state index contributed by atoms with van der Waals surface area (Å²) in [4.78, 5) is 54.5. The lowest BCUT2D eigenvalue weighted by atomic mass is 9.73. The summed E-state index contributed by atoms with van der Waals surface area (Å²) in [6.07, 6.45) is 3.83. The Morgan fingerprint density at radius 1 is 0.836 bits per heavy atom. The van der Waals surface area contributed by atoms with Gasteiger partial charge in [-0.25, -0.2) is 14.4 Å². The summed E-state index contributed by atoms with van der Waals surface area (Å²) in [6.45, 7) is 8.82. The third-order valence-electron chi connectivity index (χ3n) is 10.8. The number of ether oxygens (including phenoxy) is 1. The molecule has 3 aliphatic heterocycles. The molecular formula is C44H41FN6O4. The maximum absolute atomic E-state index is 14.4. The fourth-order valence-electron chi connectivity index (χ4n) is 7.72. The average Bonchev–Trinajstić information content (AvgIpc) is 3.18. The average molecular weight is 737 g/mol. The van der Waals surface area contributed by atoms with Crippen molar-refractivity contribution in [1.29, 1.82) is 0 Å². The molecule has 10 nitrogen and oxygen atoms in total. The van der Waals surface area contributed by atoms with E-state index in [1.807, 2.05) is 44.2 Å². The number of hydrogen-bond donors (Lipinski definition) is 2. The topological polar surface area (TPSA) is 116 Å². The van der Waals surface area contributed by atoms with E-state index in [0.29, 0.717) is 50.8 Å². The van der Waals surface area contributed by atoms with Crippen molar-refractivity contribution in [3.8, 4) is 0 Å². The van der Waals surface area contributed by atoms with Crippen molar-refractivity contribution >= 4 is 52.0 Å². The van der Waals surface area contributed by atoms with Crippen molar-refractivity contribution in [2.24, 2.45) is 10.4 Å². The number of anilines is 4. The second-order valence-corrected chi connectivity index (χ2v) is 14.7. The van der Waals surface area contributed by atoms with Crippen LogP contribution in [0.1, 0.15) is 67.5 Å². The molecule has 8 rings (SSSR count). The molecule has 278 valence electrons. The highest BCUT2D eigenvalue weighted by Crippen LogP contribution is 2.43. The molecule has 3 amide bonds. The molecule has 2 N–H and O–H groups in total. The summed E-state index contributed by atoms with van der Waals surface area (Å²) >= 11 is 0. The van der Waals surface area contributed by atoms with Gasteiger partial charge < -0.3 is 20.3 Å². The van der Waals surface area contributed by atoms with Gasteiger partial charge in [0.15, 0.2) is 0 Å². The van der Waals surface area contributed by atoms with Crippen LogP contribution in [0.15, 0.2) is 108 Å². The number of pyridine rings is 1. The Morgan fingerprint density at radius 3 is 2.27 bits per heavy atom. The monoisotopic (exact) mass is 736 g/mol. The molecule has 1 aromatic heterocycles. The van der Waals surface area contributed by atoms with Gasteiger partial charge in [0.25, 0.3) is 17.7 Å². The normalized spacial score (nSPS) is 17.2. The van der Waals surface area contributed by atoms with Crippen LogP contribution in [-0.4, -0.2) is 60.8 Å². The maximum Gasteiger partial charge on any atom is 0.259 e. The molecule has 4 heterocycles. The van der Waals surface area contributed by atoms with Gasteiger partial charge in [-0.05, 0) is 111 Å². The standard InChI is InChI=1S/C44H41FN6O4/c1-27-23-34(40(46-24-27)50-25-44(26-50)19-21-55-22-20-44)42(53)47-33-17-15-32(16-18-33)43(54)51-29(3)39(48-36-9-4-5-10-37(36)51)30-11-13-31(14-12-30)41(52)49-38-28(2)7-6-8-35(38)45/h4-18,23-24,29H,19-22,25-26H2,1-3H3,(H,47,53)(H,49,52)/t29-/m0/s1. The zero-order valence-electron chi connectivity index (χ0n) is 30.9. The lowest BCUT2D eigenvalue weighted by Gasteiger charge is -2.53. The number of carbonyl (C=O) groups excluding carboxylic acids is 3. The fourth-order valence-corrected chi connectivity index (χ4v) is 7.72. The second-order valence-electron chi connectivity index (χ2n) is 14.7. The molecule has 0 radical (unpaired) electrons. The Hall–Kier alpha value is -6.20. The van der Waals surface area contributed by atoms with Crippen molar-refractivity contribution in [2.75, 3.05) is 46.7 Å². The number of rotatable bonds is 7. The lowest BCUT2D eigenvalue weighted by molar-refractivity contribution is -0.000511. The van der Waals surface area contributed by atoms with Crippen LogP contribution >= 0.6 is 0 Å². The van der Waals surface area contributed by atoms with Crippen LogP contribution < -0.4 is 20.4 Å². The van der Waals surface area contributed by atoms with E-state index in [-0.39, 0.29) is 22.9 Å². The van der Waals surface area contributed by atoms with Crippen LogP contribution in [0.3, 0.4) is 0 Å². The molecule has 0 bridgehead atoms. The minimum atomic E-state index is -0.502. The second kappa shape index (κ2) is 14.6. The molecule has 5 aromatic rings. The molecule has 1 spiro atoms. The Kier molecular flexibility index (Phi) is 9.48. The van der Waals surface area contributed by atoms with Crippen molar-refractivity contribution in [3.63, 3.8) is 0 Å². The Labute approximate surface area is 319 Å². The van der Waals surface area contributed by atoms with Crippen molar-refractivity contribution in [1.82, 2.24) is 4.98 Å². The molecule has 0 saturated carbocycles. The van der Waals surface area contributed by atoms with Gasteiger partial charge in [-0.2, -0.15) is 0 Å². The van der Waals surface area contributed by atoms with Crippen molar-refractivity contribution in [3.05, 3.63) is 142 Å². The number of para-hydroxylation sites is 3. The Balaban J connectivity index is 0.982. The predicted octanol–water partition coefficient (Wildman–Crippen LogP) is 8.13. The van der Waals surface area contributed by atoms with Crippen LogP contribution in [-0.2, 0) is 4.74 Å². The number of amides is 3. The number of benzene rings is 4. The number of aryl methyl sites for hydroxylation is 2. The summed E-state index contributed by atoms with van der Waals surface area (Å²) in [5, 5.41) is 5.69. The zero-order chi connectivity index (χ0) is 38.3. The van der Waals surface area contributed by atoms with E-state index in [4.69, 9.17) is 9.73 Å². The number of fused-ring (bicyclic) bond motifs is 1. The number of hydrogen-bond acceptors (Lipinski definition) is 7. The third-order valence-corrected chi connectivity index (χ3v) is 10.8. The summed E-state index contributed by atoms with van der Waals surface area (Å²) in [5.74, 6) is -0.749. The van der Waals surface area contributed by atoms with Gasteiger partial charge in [-0.3, -0.25) is 19.3 Å². The molecule has 4 aromatic carbocycles. The Morgan fingerprint density at radius 2 is 1.55 bits per heavy atom. The van der Waals surface area contributed by atoms with E-state index in [9.17, 15) is 18.8 Å². The van der Waals surface area contributed by atoms with E-state index in [0.717, 1.165) is 50.3 Å². The SMILES string of the molecule is Cc1cnc(N2CC3(CCOCC3)C2)c(C(=O)Nc2ccc(C(=O)N3c4ccccc4N=C(c4ccc(C(=O)Nc5c(C)cccc5F)cc4)[C@@H]3C)cc2)c1. The van der Waals surface area contributed by atoms with Gasteiger partial charge in [0.2, 0.25) is 0 Å². The predicted molar refractivity (Wildman–Crippen MR) is 213 cm³/mol. The molecule has 0 unspecified atom stereocenters. The minimum Gasteiger partial charge on any atom is -0.381 e. The molecule has 3 aliphatic rings. The third kappa shape index (κ3) is 6.99. The minimum absolute atomic E-state index is 0.145. The molecule has 2 fully saturated rings. The Bertz CT molecular complexity index is 2310. The molecular weight excluding hydrogens is 696 g/mol. The summed E-state index contributed by atoms with van der Waals surface area (Å²) < 4.78 is 20.0. The molecule has 2 saturated heterocycles. The smallest absolute Gasteiger partial charge is 0.259 e. The van der Waals surface area contributed by atoms with Crippen molar-refractivity contribution < 1.29 is 23.5 Å². The van der Waals surface area contributed by atoms with Crippen LogP contribution in [0.5, 0.6) is 0 Å². The first-order valence-electron chi connectivity index (χ1n) is 18.5. The van der Waals surface area contributed by atoms with E-state index >= 15 is 0 Å². The quantitative estimate of drug-likeness (QED) is 0.174. The first-order chi connectivity index (χ1) is 26.6. The summed E-state index contributed by atoms with van der Waals surface area (Å²) in [5.41, 5.74) is 6.46. The number of nitrogens with one attached hydrogen (secondary N) is 2. The van der Waals surface area contributed by atoms with E-state index in [1.54, 1.807) is 78.7 Å². The largest absolute Gasteiger partial charge is 0.381 e. The van der Waals surface area contributed by atoms with Gasteiger partial charge in [-0.15, -0.1) is 0 Å². The highest BCUT2D eigenvalue weighted by Gasteiger charge is 2.45.